The van der Waals surface area contributed by atoms with Crippen LogP contribution < -0.4 is 10.1 Å². The van der Waals surface area contributed by atoms with Crippen molar-refractivity contribution in [3.05, 3.63) is 53.6 Å². The van der Waals surface area contributed by atoms with Crippen LogP contribution in [0.15, 0.2) is 42.5 Å². The number of nitrogens with one attached hydrogen (secondary N) is 1. The summed E-state index contributed by atoms with van der Waals surface area (Å²) in [5.41, 5.74) is 4.67. The van der Waals surface area contributed by atoms with Gasteiger partial charge in [0.05, 0.1) is 12.7 Å². The van der Waals surface area contributed by atoms with Crippen LogP contribution in [0.2, 0.25) is 0 Å². The molecule has 0 unspecified atom stereocenters. The zero-order valence-corrected chi connectivity index (χ0v) is 14.8. The molecule has 2 aliphatic rings. The van der Waals surface area contributed by atoms with Gasteiger partial charge in [0.15, 0.2) is 0 Å². The molecule has 2 aromatic rings. The van der Waals surface area contributed by atoms with Gasteiger partial charge in [-0.1, -0.05) is 30.3 Å². The van der Waals surface area contributed by atoms with Gasteiger partial charge in [-0.3, -0.25) is 0 Å². The Morgan fingerprint density at radius 1 is 1.19 bits per heavy atom. The number of aliphatic hydroxyl groups is 1. The Balaban J connectivity index is 1.36. The summed E-state index contributed by atoms with van der Waals surface area (Å²) in [6.45, 7) is 2.39. The second-order valence-corrected chi connectivity index (χ2v) is 7.02. The summed E-state index contributed by atoms with van der Waals surface area (Å²) in [7, 11) is 0. The fourth-order valence-corrected chi connectivity index (χ4v) is 3.61. The molecule has 0 bridgehead atoms. The van der Waals surface area contributed by atoms with E-state index < -0.39 is 6.10 Å². The number of benzene rings is 2. The van der Waals surface area contributed by atoms with E-state index in [1.807, 2.05) is 18.2 Å². The Morgan fingerprint density at radius 2 is 2.00 bits per heavy atom. The highest BCUT2D eigenvalue weighted by atomic mass is 16.5. The first-order valence-corrected chi connectivity index (χ1v) is 9.25. The van der Waals surface area contributed by atoms with E-state index in [0.717, 1.165) is 42.7 Å². The van der Waals surface area contributed by atoms with Gasteiger partial charge < -0.3 is 20.1 Å². The number of nitrogens with zero attached hydrogens (tertiary/aromatic N) is 1. The van der Waals surface area contributed by atoms with Gasteiger partial charge in [-0.15, -0.1) is 0 Å². The molecule has 0 radical (unpaired) electrons. The molecule has 26 heavy (non-hydrogen) atoms. The largest absolute Gasteiger partial charge is 0.493 e. The lowest BCUT2D eigenvalue weighted by molar-refractivity contribution is 0.0842. The number of amides is 2. The normalized spacial score (nSPS) is 19.0. The molecular formula is C21H24N2O3. The number of carbonyl (C=O) groups excluding carboxylic acids is 1. The molecule has 5 heteroatoms. The highest BCUT2D eigenvalue weighted by molar-refractivity contribution is 5.74. The summed E-state index contributed by atoms with van der Waals surface area (Å²) in [6, 6.07) is 14.5. The standard InChI is InChI=1S/C21H24N2O3/c24-19-2-1-10-23(14-19)21(25)22-13-15-3-5-16(6-4-15)17-7-8-20-18(12-17)9-11-26-20/h3-8,12,19,24H,1-2,9-11,13-14H2,(H,22,25)/t19-/m1/s1. The summed E-state index contributed by atoms with van der Waals surface area (Å²) < 4.78 is 5.56. The van der Waals surface area contributed by atoms with E-state index in [1.165, 1.54) is 11.1 Å². The number of aliphatic hydroxyl groups excluding tert-OH is 1. The first kappa shape index (κ1) is 16.9. The zero-order valence-electron chi connectivity index (χ0n) is 14.8. The van der Waals surface area contributed by atoms with Crippen LogP contribution in [-0.2, 0) is 13.0 Å². The summed E-state index contributed by atoms with van der Waals surface area (Å²) in [5.74, 6) is 0.996. The predicted octanol–water partition coefficient (Wildman–Crippen LogP) is 2.95. The third kappa shape index (κ3) is 3.68. The third-order valence-corrected chi connectivity index (χ3v) is 5.10. The molecule has 1 atom stereocenters. The smallest absolute Gasteiger partial charge is 0.317 e. The molecule has 2 amide bonds. The van der Waals surface area contributed by atoms with Gasteiger partial charge >= 0.3 is 6.03 Å². The number of carbonyl (C=O) groups is 1. The van der Waals surface area contributed by atoms with Crippen LogP contribution in [-0.4, -0.2) is 41.8 Å². The zero-order chi connectivity index (χ0) is 17.9. The fourth-order valence-electron chi connectivity index (χ4n) is 3.61. The van der Waals surface area contributed by atoms with E-state index in [-0.39, 0.29) is 6.03 Å². The van der Waals surface area contributed by atoms with E-state index in [0.29, 0.717) is 19.6 Å². The Morgan fingerprint density at radius 3 is 2.81 bits per heavy atom. The summed E-state index contributed by atoms with van der Waals surface area (Å²) in [5, 5.41) is 12.6. The molecule has 2 heterocycles. The molecule has 1 fully saturated rings. The van der Waals surface area contributed by atoms with E-state index in [2.05, 4.69) is 29.6 Å². The van der Waals surface area contributed by atoms with Gasteiger partial charge in [0.1, 0.15) is 5.75 Å². The van der Waals surface area contributed by atoms with Crippen LogP contribution in [0.4, 0.5) is 4.79 Å². The summed E-state index contributed by atoms with van der Waals surface area (Å²) in [6.07, 6.45) is 2.21. The van der Waals surface area contributed by atoms with Gasteiger partial charge in [0.25, 0.3) is 0 Å². The van der Waals surface area contributed by atoms with Crippen LogP contribution in [0.5, 0.6) is 5.75 Å². The molecule has 2 aromatic carbocycles. The molecule has 4 rings (SSSR count). The maximum atomic E-state index is 12.2. The number of urea groups is 1. The van der Waals surface area contributed by atoms with Crippen LogP contribution in [0, 0.1) is 0 Å². The van der Waals surface area contributed by atoms with E-state index in [4.69, 9.17) is 4.74 Å². The Bertz CT molecular complexity index is 788. The second-order valence-electron chi connectivity index (χ2n) is 7.02. The first-order chi connectivity index (χ1) is 12.7. The molecule has 136 valence electrons. The molecule has 5 nitrogen and oxygen atoms in total. The maximum absolute atomic E-state index is 12.2. The first-order valence-electron chi connectivity index (χ1n) is 9.25. The minimum absolute atomic E-state index is 0.105. The van der Waals surface area contributed by atoms with Crippen molar-refractivity contribution in [2.24, 2.45) is 0 Å². The number of hydrogen-bond acceptors (Lipinski definition) is 3. The molecular weight excluding hydrogens is 328 g/mol. The van der Waals surface area contributed by atoms with Crippen molar-refractivity contribution in [3.63, 3.8) is 0 Å². The Labute approximate surface area is 153 Å². The average molecular weight is 352 g/mol. The quantitative estimate of drug-likeness (QED) is 0.893. The number of likely N-dealkylation sites (tertiary alicyclic amines) is 1. The Hall–Kier alpha value is -2.53. The van der Waals surface area contributed by atoms with E-state index in [1.54, 1.807) is 4.90 Å². The molecule has 2 N–H and O–H groups in total. The van der Waals surface area contributed by atoms with Crippen molar-refractivity contribution in [2.75, 3.05) is 19.7 Å². The summed E-state index contributed by atoms with van der Waals surface area (Å²) in [4.78, 5) is 13.9. The van der Waals surface area contributed by atoms with Crippen molar-refractivity contribution in [1.82, 2.24) is 10.2 Å². The van der Waals surface area contributed by atoms with Crippen LogP contribution in [0.25, 0.3) is 11.1 Å². The lowest BCUT2D eigenvalue weighted by atomic mass is 10.0. The third-order valence-electron chi connectivity index (χ3n) is 5.10. The van der Waals surface area contributed by atoms with Gasteiger partial charge in [-0.25, -0.2) is 4.79 Å². The fraction of sp³-hybridized carbons (Fsp3) is 0.381. The topological polar surface area (TPSA) is 61.8 Å². The number of fused-ring (bicyclic) bond motifs is 1. The monoisotopic (exact) mass is 352 g/mol. The van der Waals surface area contributed by atoms with Crippen molar-refractivity contribution in [2.45, 2.75) is 31.9 Å². The highest BCUT2D eigenvalue weighted by Crippen LogP contribution is 2.30. The Kier molecular flexibility index (Phi) is 4.80. The minimum Gasteiger partial charge on any atom is -0.493 e. The van der Waals surface area contributed by atoms with Gasteiger partial charge in [0, 0.05) is 26.1 Å². The van der Waals surface area contributed by atoms with Crippen molar-refractivity contribution in [3.8, 4) is 16.9 Å². The number of piperidine rings is 1. The van der Waals surface area contributed by atoms with Gasteiger partial charge in [-0.05, 0) is 47.2 Å². The van der Waals surface area contributed by atoms with E-state index >= 15 is 0 Å². The summed E-state index contributed by atoms with van der Waals surface area (Å²) >= 11 is 0. The van der Waals surface area contributed by atoms with E-state index in [9.17, 15) is 9.90 Å². The molecule has 1 saturated heterocycles. The molecule has 0 spiro atoms. The maximum Gasteiger partial charge on any atom is 0.317 e. The highest BCUT2D eigenvalue weighted by Gasteiger charge is 2.21. The molecule has 0 aromatic heterocycles. The average Bonchev–Trinajstić information content (AvgIpc) is 3.14. The van der Waals surface area contributed by atoms with Crippen LogP contribution in [0.3, 0.4) is 0 Å². The van der Waals surface area contributed by atoms with Crippen LogP contribution >= 0.6 is 0 Å². The minimum atomic E-state index is -0.397. The molecule has 0 saturated carbocycles. The number of hydrogen-bond donors (Lipinski definition) is 2. The van der Waals surface area contributed by atoms with Crippen molar-refractivity contribution in [1.29, 1.82) is 0 Å². The predicted molar refractivity (Wildman–Crippen MR) is 100 cm³/mol. The molecule has 0 aliphatic carbocycles. The number of β-amino-alcohol motifs (C(OH)–C–C–N with tert-alkyl or cyclic N) is 1. The lowest BCUT2D eigenvalue weighted by Gasteiger charge is -2.30. The number of rotatable bonds is 3. The second kappa shape index (κ2) is 7.38. The van der Waals surface area contributed by atoms with Crippen molar-refractivity contribution >= 4 is 6.03 Å². The molecule has 2 aliphatic heterocycles. The van der Waals surface area contributed by atoms with Crippen molar-refractivity contribution < 1.29 is 14.6 Å². The SMILES string of the molecule is O=C(NCc1ccc(-c2ccc3c(c2)CCO3)cc1)N1CCC[C@@H](O)C1. The number of ether oxygens (including phenoxy) is 1. The van der Waals surface area contributed by atoms with Crippen LogP contribution in [0.1, 0.15) is 24.0 Å². The van der Waals surface area contributed by atoms with Gasteiger partial charge in [-0.2, -0.15) is 0 Å². The van der Waals surface area contributed by atoms with Gasteiger partial charge in [0.2, 0.25) is 0 Å². The lowest BCUT2D eigenvalue weighted by Crippen LogP contribution is -2.46.